The van der Waals surface area contributed by atoms with Gasteiger partial charge in [0.1, 0.15) is 12.1 Å². The average molecular weight is 513 g/mol. The molecule has 4 rings (SSSR count). The van der Waals surface area contributed by atoms with Gasteiger partial charge < -0.3 is 24.8 Å². The summed E-state index contributed by atoms with van der Waals surface area (Å²) in [7, 11) is 0. The number of nitrogens with zero attached hydrogens (tertiary/aromatic N) is 3. The van der Waals surface area contributed by atoms with Crippen molar-refractivity contribution in [3.8, 4) is 5.75 Å². The normalized spacial score (nSPS) is 22.8. The smallest absolute Gasteiger partial charge is 0.481 e. The number of hydrogen-bond donors (Lipinski definition) is 2. The number of alkyl halides is 3. The first-order valence-corrected chi connectivity index (χ1v) is 11.9. The predicted molar refractivity (Wildman–Crippen MR) is 122 cm³/mol. The second kappa shape index (κ2) is 11.3. The van der Waals surface area contributed by atoms with E-state index in [1.165, 1.54) is 30.6 Å². The van der Waals surface area contributed by atoms with E-state index in [1.54, 1.807) is 4.90 Å². The van der Waals surface area contributed by atoms with Crippen molar-refractivity contribution in [2.24, 2.45) is 11.8 Å². The highest BCUT2D eigenvalue weighted by atomic mass is 19.4. The maximum atomic E-state index is 15.5. The number of rotatable bonds is 8. The number of ether oxygens (including phenoxy) is 2. The molecule has 2 aromatic rings. The maximum Gasteiger partial charge on any atom is 0.573 e. The van der Waals surface area contributed by atoms with E-state index in [-0.39, 0.29) is 36.3 Å². The number of aromatic nitrogens is 2. The van der Waals surface area contributed by atoms with Gasteiger partial charge in [-0.1, -0.05) is 12.1 Å². The summed E-state index contributed by atoms with van der Waals surface area (Å²) in [5.74, 6) is -1.09. The van der Waals surface area contributed by atoms with Crippen molar-refractivity contribution in [2.75, 3.05) is 36.5 Å². The molecule has 2 fully saturated rings. The number of hydrogen-bond acceptors (Lipinski definition) is 7. The Labute approximate surface area is 205 Å². The molecule has 8 nitrogen and oxygen atoms in total. The summed E-state index contributed by atoms with van der Waals surface area (Å²) in [6.07, 6.45) is 0.0674. The number of anilines is 2. The third-order valence-electron chi connectivity index (χ3n) is 6.66. The first kappa shape index (κ1) is 25.9. The highest BCUT2D eigenvalue weighted by Gasteiger charge is 2.32. The Bertz CT molecular complexity index is 1030. The van der Waals surface area contributed by atoms with Crippen LogP contribution in [0.5, 0.6) is 5.75 Å². The highest BCUT2D eigenvalue weighted by Crippen LogP contribution is 2.34. The zero-order valence-corrected chi connectivity index (χ0v) is 19.5. The summed E-state index contributed by atoms with van der Waals surface area (Å²) in [5.41, 5.74) is 0.634. The molecular weight excluding hydrogens is 484 g/mol. The Kier molecular flexibility index (Phi) is 8.12. The summed E-state index contributed by atoms with van der Waals surface area (Å²) < 4.78 is 62.4. The Morgan fingerprint density at radius 2 is 1.83 bits per heavy atom. The molecule has 196 valence electrons. The number of carbonyl (C=O) groups is 1. The largest absolute Gasteiger partial charge is 0.573 e. The van der Waals surface area contributed by atoms with Gasteiger partial charge in [0.05, 0.1) is 19.3 Å². The third kappa shape index (κ3) is 6.74. The van der Waals surface area contributed by atoms with E-state index < -0.39 is 24.2 Å². The van der Waals surface area contributed by atoms with Gasteiger partial charge in [-0.15, -0.1) is 13.2 Å². The minimum Gasteiger partial charge on any atom is -0.481 e. The van der Waals surface area contributed by atoms with Gasteiger partial charge in [0.15, 0.2) is 11.6 Å². The zero-order valence-electron chi connectivity index (χ0n) is 19.5. The topological polar surface area (TPSA) is 96.8 Å². The summed E-state index contributed by atoms with van der Waals surface area (Å²) in [6, 6.07) is 4.95. The number of aliphatic carboxylic acids is 1. The molecule has 1 aromatic carbocycles. The van der Waals surface area contributed by atoms with Gasteiger partial charge in [0.25, 0.3) is 0 Å². The lowest BCUT2D eigenvalue weighted by Crippen LogP contribution is -2.40. The molecule has 0 unspecified atom stereocenters. The minimum absolute atomic E-state index is 0.0758. The van der Waals surface area contributed by atoms with Crippen LogP contribution in [-0.4, -0.2) is 53.7 Å². The monoisotopic (exact) mass is 512 g/mol. The SMILES string of the molecule is O=C(O)CC1CCC(CNc2ncnc(N3CCOC[C@@H]3c3ccc(OC(F)(F)F)cc3)c2F)CC1. The van der Waals surface area contributed by atoms with Crippen LogP contribution in [0.25, 0.3) is 0 Å². The summed E-state index contributed by atoms with van der Waals surface area (Å²) in [5, 5.41) is 12.0. The first-order valence-electron chi connectivity index (χ1n) is 11.9. The molecule has 2 aliphatic rings. The maximum absolute atomic E-state index is 15.5. The van der Waals surface area contributed by atoms with Gasteiger partial charge in [-0.3, -0.25) is 4.79 Å². The fraction of sp³-hybridized carbons (Fsp3) is 0.542. The molecule has 1 aromatic heterocycles. The Morgan fingerprint density at radius 3 is 2.50 bits per heavy atom. The summed E-state index contributed by atoms with van der Waals surface area (Å²) in [6.45, 7) is 1.41. The summed E-state index contributed by atoms with van der Waals surface area (Å²) in [4.78, 5) is 20.8. The Hall–Kier alpha value is -3.15. The molecule has 1 saturated carbocycles. The number of halogens is 4. The van der Waals surface area contributed by atoms with Crippen molar-refractivity contribution in [1.82, 2.24) is 9.97 Å². The number of benzene rings is 1. The second-order valence-corrected chi connectivity index (χ2v) is 9.13. The molecule has 2 N–H and O–H groups in total. The lowest BCUT2D eigenvalue weighted by atomic mass is 9.80. The van der Waals surface area contributed by atoms with Crippen LogP contribution in [0.4, 0.5) is 29.2 Å². The van der Waals surface area contributed by atoms with Crippen LogP contribution in [-0.2, 0) is 9.53 Å². The molecule has 0 radical (unpaired) electrons. The molecule has 12 heteroatoms. The predicted octanol–water partition coefficient (Wildman–Crippen LogP) is 4.79. The van der Waals surface area contributed by atoms with E-state index >= 15 is 4.39 Å². The molecule has 1 atom stereocenters. The molecule has 1 aliphatic carbocycles. The number of nitrogens with one attached hydrogen (secondary N) is 1. The van der Waals surface area contributed by atoms with Crippen LogP contribution in [0, 0.1) is 17.7 Å². The van der Waals surface area contributed by atoms with Crippen molar-refractivity contribution in [1.29, 1.82) is 0 Å². The first-order chi connectivity index (χ1) is 17.2. The van der Waals surface area contributed by atoms with Crippen molar-refractivity contribution in [2.45, 2.75) is 44.5 Å². The molecular formula is C24H28F4N4O4. The van der Waals surface area contributed by atoms with Crippen LogP contribution in [0.1, 0.15) is 43.7 Å². The van der Waals surface area contributed by atoms with E-state index in [0.717, 1.165) is 25.7 Å². The quantitative estimate of drug-likeness (QED) is 0.488. The van der Waals surface area contributed by atoms with Gasteiger partial charge >= 0.3 is 12.3 Å². The molecule has 0 spiro atoms. The van der Waals surface area contributed by atoms with Gasteiger partial charge in [-0.25, -0.2) is 9.97 Å². The van der Waals surface area contributed by atoms with E-state index in [0.29, 0.717) is 31.2 Å². The van der Waals surface area contributed by atoms with Gasteiger partial charge in [0, 0.05) is 19.5 Å². The Morgan fingerprint density at radius 1 is 1.14 bits per heavy atom. The van der Waals surface area contributed by atoms with Crippen molar-refractivity contribution < 1.29 is 36.9 Å². The average Bonchev–Trinajstić information content (AvgIpc) is 2.84. The molecule has 2 heterocycles. The van der Waals surface area contributed by atoms with Crippen molar-refractivity contribution in [3.63, 3.8) is 0 Å². The zero-order chi connectivity index (χ0) is 25.7. The van der Waals surface area contributed by atoms with Crippen molar-refractivity contribution >= 4 is 17.6 Å². The van der Waals surface area contributed by atoms with Crippen LogP contribution < -0.4 is 15.0 Å². The van der Waals surface area contributed by atoms with Gasteiger partial charge in [0.2, 0.25) is 5.82 Å². The van der Waals surface area contributed by atoms with Crippen LogP contribution >= 0.6 is 0 Å². The fourth-order valence-corrected chi connectivity index (χ4v) is 4.84. The highest BCUT2D eigenvalue weighted by molar-refractivity contribution is 5.67. The third-order valence-corrected chi connectivity index (χ3v) is 6.66. The lowest BCUT2D eigenvalue weighted by molar-refractivity contribution is -0.274. The van der Waals surface area contributed by atoms with E-state index in [9.17, 15) is 18.0 Å². The molecule has 1 aliphatic heterocycles. The molecule has 36 heavy (non-hydrogen) atoms. The number of carboxylic acids is 1. The van der Waals surface area contributed by atoms with E-state index in [2.05, 4.69) is 20.0 Å². The standard InChI is InChI=1S/C24H28F4N4O4/c25-21-22(29-12-16-3-1-15(2-4-16)11-20(33)34)30-14-31-23(21)32-9-10-35-13-19(32)17-5-7-18(8-6-17)36-24(26,27)28/h5-8,14-16,19H,1-4,9-13H2,(H,33,34)(H,29,30,31)/t15?,16?,19-/m1/s1. The lowest BCUT2D eigenvalue weighted by Gasteiger charge is -2.37. The van der Waals surface area contributed by atoms with Crippen LogP contribution in [0.3, 0.4) is 0 Å². The van der Waals surface area contributed by atoms with E-state index in [4.69, 9.17) is 9.84 Å². The summed E-state index contributed by atoms with van der Waals surface area (Å²) >= 11 is 0. The second-order valence-electron chi connectivity index (χ2n) is 9.13. The molecule has 0 bridgehead atoms. The van der Waals surface area contributed by atoms with Gasteiger partial charge in [-0.05, 0) is 55.2 Å². The van der Waals surface area contributed by atoms with Crippen molar-refractivity contribution in [3.05, 3.63) is 42.0 Å². The van der Waals surface area contributed by atoms with E-state index in [1.807, 2.05) is 0 Å². The number of carboxylic acid groups (broad SMARTS) is 1. The van der Waals surface area contributed by atoms with Crippen LogP contribution in [0.2, 0.25) is 0 Å². The molecule has 0 amide bonds. The molecule has 1 saturated heterocycles. The Balaban J connectivity index is 1.42. The number of morpholine rings is 1. The van der Waals surface area contributed by atoms with Gasteiger partial charge in [-0.2, -0.15) is 4.39 Å². The fourth-order valence-electron chi connectivity index (χ4n) is 4.84. The van der Waals surface area contributed by atoms with Crippen LogP contribution in [0.15, 0.2) is 30.6 Å². The minimum atomic E-state index is -4.78.